The first-order valence-electron chi connectivity index (χ1n) is 3.43. The average molecular weight is 182 g/mol. The fourth-order valence-electron chi connectivity index (χ4n) is 0.663. The quantitative estimate of drug-likeness (QED) is 0.557. The number of carbonyl (C=O) groups excluding carboxylic acids is 2. The lowest BCUT2D eigenvalue weighted by Gasteiger charge is -1.94. The number of primary amides is 1. The predicted octanol–water partition coefficient (Wildman–Crippen LogP) is -0.809. The summed E-state index contributed by atoms with van der Waals surface area (Å²) >= 11 is 0. The van der Waals surface area contributed by atoms with Crippen LogP contribution in [0.25, 0.3) is 0 Å². The third kappa shape index (κ3) is 3.19. The molecule has 0 aliphatic heterocycles. The number of hydrogen-bond donors (Lipinski definition) is 2. The average Bonchev–Trinajstić information content (AvgIpc) is 2.04. The smallest absolute Gasteiger partial charge is 0.351 e. The van der Waals surface area contributed by atoms with Crippen molar-refractivity contribution in [2.45, 2.75) is 0 Å². The summed E-state index contributed by atoms with van der Waals surface area (Å²) in [5, 5.41) is 1.75. The van der Waals surface area contributed by atoms with Gasteiger partial charge in [-0.2, -0.15) is 4.84 Å². The van der Waals surface area contributed by atoms with Crippen LogP contribution >= 0.6 is 0 Å². The third-order valence-corrected chi connectivity index (χ3v) is 1.10. The molecule has 0 saturated heterocycles. The van der Waals surface area contributed by atoms with Crippen molar-refractivity contribution in [2.75, 3.05) is 0 Å². The van der Waals surface area contributed by atoms with Crippen LogP contribution in [0.4, 0.5) is 9.59 Å². The van der Waals surface area contributed by atoms with E-state index in [2.05, 4.69) is 10.6 Å². The number of amides is 3. The number of nitrogens with one attached hydrogen (secondary N) is 1. The molecule has 3 amide bonds. The lowest BCUT2D eigenvalue weighted by molar-refractivity contribution is -0.868. The normalized spacial score (nSPS) is 8.92. The molecule has 68 valence electrons. The van der Waals surface area contributed by atoms with E-state index >= 15 is 0 Å². The Balaban J connectivity index is 2.50. The van der Waals surface area contributed by atoms with E-state index in [0.29, 0.717) is 0 Å². The van der Waals surface area contributed by atoms with Gasteiger partial charge in [-0.15, -0.1) is 0 Å². The molecule has 1 heterocycles. The second-order valence-corrected chi connectivity index (χ2v) is 2.10. The van der Waals surface area contributed by atoms with Gasteiger partial charge in [-0.1, -0.05) is 6.07 Å². The molecule has 1 rings (SSSR count). The maximum absolute atomic E-state index is 10.8. The van der Waals surface area contributed by atoms with Crippen LogP contribution in [0, 0.1) is 0 Å². The molecule has 1 aromatic rings. The zero-order valence-electron chi connectivity index (χ0n) is 6.64. The van der Waals surface area contributed by atoms with Crippen LogP contribution in [-0.4, -0.2) is 12.1 Å². The Labute approximate surface area is 73.9 Å². The zero-order chi connectivity index (χ0) is 9.68. The van der Waals surface area contributed by atoms with Gasteiger partial charge in [0.05, 0.1) is 0 Å². The van der Waals surface area contributed by atoms with Crippen molar-refractivity contribution in [1.29, 1.82) is 0 Å². The molecule has 0 saturated carbocycles. The predicted molar refractivity (Wildman–Crippen MR) is 41.3 cm³/mol. The summed E-state index contributed by atoms with van der Waals surface area (Å²) < 4.78 is 1.14. The van der Waals surface area contributed by atoms with Gasteiger partial charge in [-0.3, -0.25) is 0 Å². The number of pyridine rings is 1. The van der Waals surface area contributed by atoms with E-state index in [0.717, 1.165) is 4.73 Å². The van der Waals surface area contributed by atoms with Crippen LogP contribution in [0.3, 0.4) is 0 Å². The zero-order valence-corrected chi connectivity index (χ0v) is 6.64. The Morgan fingerprint density at radius 3 is 2.38 bits per heavy atom. The number of nitrogens with zero attached hydrogens (tertiary/aromatic N) is 1. The highest BCUT2D eigenvalue weighted by atomic mass is 16.7. The molecule has 0 spiro atoms. The molecule has 0 fully saturated rings. The number of imide groups is 1. The van der Waals surface area contributed by atoms with Gasteiger partial charge in [0.15, 0.2) is 0 Å². The van der Waals surface area contributed by atoms with Gasteiger partial charge in [0, 0.05) is 16.9 Å². The van der Waals surface area contributed by atoms with Gasteiger partial charge in [-0.25, -0.2) is 14.9 Å². The first kappa shape index (κ1) is 8.98. The lowest BCUT2D eigenvalue weighted by atomic mass is 10.5. The van der Waals surface area contributed by atoms with E-state index in [1.807, 2.05) is 0 Å². The van der Waals surface area contributed by atoms with E-state index in [4.69, 9.17) is 0 Å². The molecule has 13 heavy (non-hydrogen) atoms. The van der Waals surface area contributed by atoms with Gasteiger partial charge in [0.25, 0.3) is 0 Å². The molecule has 6 nitrogen and oxygen atoms in total. The Kier molecular flexibility index (Phi) is 2.80. The van der Waals surface area contributed by atoms with E-state index in [1.165, 1.54) is 12.4 Å². The minimum Gasteiger partial charge on any atom is -0.351 e. The first-order chi connectivity index (χ1) is 6.18. The molecule has 0 aliphatic carbocycles. The molecule has 0 aromatic carbocycles. The standard InChI is InChI=1S/C7H7N3O3/c8-6(11)9-7(12)13-10-4-2-1-3-5-10/h1-5H,(H2-,8,9,11,12)/p+1. The second-order valence-electron chi connectivity index (χ2n) is 2.10. The Morgan fingerprint density at radius 1 is 1.23 bits per heavy atom. The largest absolute Gasteiger partial charge is 0.483 e. The lowest BCUT2D eigenvalue weighted by Crippen LogP contribution is -2.51. The molecule has 3 N–H and O–H groups in total. The molecule has 1 aromatic heterocycles. The van der Waals surface area contributed by atoms with E-state index < -0.39 is 12.1 Å². The molecule has 6 heteroatoms. The summed E-state index contributed by atoms with van der Waals surface area (Å²) in [6.45, 7) is 0. The third-order valence-electron chi connectivity index (χ3n) is 1.10. The van der Waals surface area contributed by atoms with E-state index in [9.17, 15) is 9.59 Å². The highest BCUT2D eigenvalue weighted by molar-refractivity contribution is 5.89. The van der Waals surface area contributed by atoms with Crippen molar-refractivity contribution < 1.29 is 19.2 Å². The van der Waals surface area contributed by atoms with Crippen molar-refractivity contribution in [1.82, 2.24) is 5.32 Å². The van der Waals surface area contributed by atoms with Crippen LogP contribution in [-0.2, 0) is 0 Å². The minimum atomic E-state index is -0.957. The van der Waals surface area contributed by atoms with Crippen LogP contribution in [0.1, 0.15) is 0 Å². The fraction of sp³-hybridized carbons (Fsp3) is 0. The van der Waals surface area contributed by atoms with Gasteiger partial charge in [0.1, 0.15) is 0 Å². The molecule has 0 unspecified atom stereocenters. The van der Waals surface area contributed by atoms with E-state index in [-0.39, 0.29) is 0 Å². The highest BCUT2D eigenvalue weighted by Crippen LogP contribution is 1.74. The van der Waals surface area contributed by atoms with Crippen LogP contribution < -0.4 is 20.6 Å². The second kappa shape index (κ2) is 4.05. The number of aromatic nitrogens is 1. The van der Waals surface area contributed by atoms with Gasteiger partial charge in [-0.05, 0) is 0 Å². The monoisotopic (exact) mass is 182 g/mol. The molecule has 0 bridgehead atoms. The van der Waals surface area contributed by atoms with Gasteiger partial charge >= 0.3 is 12.1 Å². The topological polar surface area (TPSA) is 85.3 Å². The molecular formula is C7H8N3O3+. The Hall–Kier alpha value is -2.11. The van der Waals surface area contributed by atoms with Crippen LogP contribution in [0.5, 0.6) is 0 Å². The van der Waals surface area contributed by atoms with Crippen molar-refractivity contribution >= 4 is 12.1 Å². The number of carbonyl (C=O) groups is 2. The summed E-state index contributed by atoms with van der Waals surface area (Å²) in [6, 6.07) is 4.13. The Bertz CT molecular complexity index is 312. The maximum Gasteiger partial charge on any atom is 0.483 e. The summed E-state index contributed by atoms with van der Waals surface area (Å²) in [7, 11) is 0. The number of rotatable bonds is 1. The first-order valence-corrected chi connectivity index (χ1v) is 3.43. The maximum atomic E-state index is 10.8. The minimum absolute atomic E-state index is 0.927. The summed E-state index contributed by atoms with van der Waals surface area (Å²) in [4.78, 5) is 25.6. The molecule has 0 aliphatic rings. The van der Waals surface area contributed by atoms with Gasteiger partial charge < -0.3 is 5.73 Å². The number of hydrogen-bond acceptors (Lipinski definition) is 3. The summed E-state index contributed by atoms with van der Waals surface area (Å²) in [5.41, 5.74) is 4.69. The van der Waals surface area contributed by atoms with Gasteiger partial charge in [0.2, 0.25) is 12.4 Å². The van der Waals surface area contributed by atoms with Crippen molar-refractivity contribution in [3.63, 3.8) is 0 Å². The SMILES string of the molecule is NC(=O)NC(=O)O[n+]1ccccc1. The van der Waals surface area contributed by atoms with E-state index in [1.54, 1.807) is 23.5 Å². The van der Waals surface area contributed by atoms with Crippen LogP contribution in [0.15, 0.2) is 30.6 Å². The van der Waals surface area contributed by atoms with Crippen molar-refractivity contribution in [3.05, 3.63) is 30.6 Å². The number of urea groups is 1. The summed E-state index contributed by atoms with van der Waals surface area (Å²) in [6.07, 6.45) is 2.07. The molecule has 0 radical (unpaired) electrons. The van der Waals surface area contributed by atoms with Crippen molar-refractivity contribution in [3.8, 4) is 0 Å². The van der Waals surface area contributed by atoms with Crippen LogP contribution in [0.2, 0.25) is 0 Å². The highest BCUT2D eigenvalue weighted by Gasteiger charge is 2.10. The van der Waals surface area contributed by atoms with Crippen molar-refractivity contribution in [2.24, 2.45) is 5.73 Å². The Morgan fingerprint density at radius 2 is 1.85 bits per heavy atom. The number of nitrogens with two attached hydrogens (primary N) is 1. The summed E-state index contributed by atoms with van der Waals surface area (Å²) in [5.74, 6) is 0. The fourth-order valence-corrected chi connectivity index (χ4v) is 0.663. The molecular weight excluding hydrogens is 174 g/mol. The molecule has 0 atom stereocenters.